The van der Waals surface area contributed by atoms with E-state index in [1.54, 1.807) is 7.05 Å². The fraction of sp³-hybridized carbons (Fsp3) is 0.375. The molecule has 0 aliphatic carbocycles. The number of hydrogen-bond acceptors (Lipinski definition) is 1. The molecule has 0 spiro atoms. The van der Waals surface area contributed by atoms with E-state index in [0.717, 1.165) is 5.71 Å². The summed E-state index contributed by atoms with van der Waals surface area (Å²) in [5.74, 6) is 0. The van der Waals surface area contributed by atoms with Crippen LogP contribution in [0, 0.1) is 0 Å². The van der Waals surface area contributed by atoms with Crippen LogP contribution in [0.15, 0.2) is 26.8 Å². The van der Waals surface area contributed by atoms with Gasteiger partial charge in [-0.3, -0.25) is 4.99 Å². The Morgan fingerprint density at radius 3 is 2.30 bits per heavy atom. The van der Waals surface area contributed by atoms with E-state index in [0.29, 0.717) is 0 Å². The lowest BCUT2D eigenvalue weighted by Crippen LogP contribution is -1.91. The van der Waals surface area contributed by atoms with Crippen LogP contribution in [0.3, 0.4) is 0 Å². The number of hydrogen-bond donors (Lipinski definition) is 0. The van der Waals surface area contributed by atoms with Gasteiger partial charge in [0, 0.05) is 16.3 Å². The van der Waals surface area contributed by atoms with Crippen molar-refractivity contribution in [1.29, 1.82) is 0 Å². The first kappa shape index (κ1) is 9.88. The van der Waals surface area contributed by atoms with Crippen LogP contribution >= 0.6 is 22.6 Å². The second kappa shape index (κ2) is 4.66. The van der Waals surface area contributed by atoms with E-state index in [9.17, 15) is 0 Å². The summed E-state index contributed by atoms with van der Waals surface area (Å²) in [6.45, 7) is 7.71. The SMILES string of the molecule is C=C/C(C)=C(/I)C(C)=NC. The molecule has 2 heteroatoms. The number of allylic oxidation sites excluding steroid dienone is 3. The van der Waals surface area contributed by atoms with Gasteiger partial charge in [-0.05, 0) is 42.0 Å². The third-order valence-electron chi connectivity index (χ3n) is 1.31. The number of rotatable bonds is 2. The average Bonchev–Trinajstić information content (AvgIpc) is 2.00. The summed E-state index contributed by atoms with van der Waals surface area (Å²) in [5.41, 5.74) is 2.25. The Hall–Kier alpha value is -0.120. The van der Waals surface area contributed by atoms with E-state index in [4.69, 9.17) is 0 Å². The Kier molecular flexibility index (Phi) is 4.60. The fourth-order valence-electron chi connectivity index (χ4n) is 0.473. The molecular weight excluding hydrogens is 237 g/mol. The normalized spacial score (nSPS) is 14.6. The van der Waals surface area contributed by atoms with Crippen molar-refractivity contribution >= 4 is 28.3 Å². The van der Waals surface area contributed by atoms with Crippen molar-refractivity contribution in [2.45, 2.75) is 13.8 Å². The highest BCUT2D eigenvalue weighted by Gasteiger charge is 1.97. The number of aliphatic imine (C=N–C) groups is 1. The van der Waals surface area contributed by atoms with Crippen molar-refractivity contribution in [1.82, 2.24) is 0 Å². The minimum absolute atomic E-state index is 1.07. The second-order valence-corrected chi connectivity index (χ2v) is 3.09. The first-order valence-corrected chi connectivity index (χ1v) is 4.14. The molecule has 0 radical (unpaired) electrons. The van der Waals surface area contributed by atoms with E-state index < -0.39 is 0 Å². The molecule has 0 aromatic rings. The van der Waals surface area contributed by atoms with E-state index >= 15 is 0 Å². The smallest absolute Gasteiger partial charge is 0.0449 e. The molecule has 0 fully saturated rings. The molecule has 0 saturated carbocycles. The standard InChI is InChI=1S/C8H12IN/c1-5-6(2)8(9)7(3)10-4/h5H,1H2,2-4H3/b8-6+,10-7?. The van der Waals surface area contributed by atoms with Gasteiger partial charge in [0.2, 0.25) is 0 Å². The Morgan fingerprint density at radius 1 is 1.50 bits per heavy atom. The number of nitrogens with zero attached hydrogens (tertiary/aromatic N) is 1. The summed E-state index contributed by atoms with van der Waals surface area (Å²) >= 11 is 2.27. The van der Waals surface area contributed by atoms with Gasteiger partial charge in [-0.1, -0.05) is 12.7 Å². The predicted molar refractivity (Wildman–Crippen MR) is 56.0 cm³/mol. The van der Waals surface area contributed by atoms with Crippen molar-refractivity contribution < 1.29 is 0 Å². The Balaban J connectivity index is 4.63. The molecule has 1 nitrogen and oxygen atoms in total. The van der Waals surface area contributed by atoms with Gasteiger partial charge in [-0.25, -0.2) is 0 Å². The van der Waals surface area contributed by atoms with Gasteiger partial charge in [0.15, 0.2) is 0 Å². The molecular formula is C8H12IN. The zero-order chi connectivity index (χ0) is 8.15. The average molecular weight is 249 g/mol. The van der Waals surface area contributed by atoms with E-state index in [-0.39, 0.29) is 0 Å². The minimum Gasteiger partial charge on any atom is -0.292 e. The van der Waals surface area contributed by atoms with E-state index in [1.807, 2.05) is 19.9 Å². The summed E-state index contributed by atoms with van der Waals surface area (Å²) in [6.07, 6.45) is 1.84. The highest BCUT2D eigenvalue weighted by molar-refractivity contribution is 14.1. The molecule has 0 saturated heterocycles. The summed E-state index contributed by atoms with van der Waals surface area (Å²) in [5, 5.41) is 0. The molecule has 0 unspecified atom stereocenters. The van der Waals surface area contributed by atoms with Crippen LogP contribution in [0.25, 0.3) is 0 Å². The monoisotopic (exact) mass is 249 g/mol. The van der Waals surface area contributed by atoms with Crippen LogP contribution in [0.5, 0.6) is 0 Å². The minimum atomic E-state index is 1.07. The molecule has 0 aromatic heterocycles. The van der Waals surface area contributed by atoms with Gasteiger partial charge in [-0.2, -0.15) is 0 Å². The van der Waals surface area contributed by atoms with Gasteiger partial charge in [-0.15, -0.1) is 0 Å². The third kappa shape index (κ3) is 2.64. The van der Waals surface area contributed by atoms with Crippen molar-refractivity contribution in [3.05, 3.63) is 21.8 Å². The molecule has 0 aliphatic rings. The molecule has 0 aliphatic heterocycles. The molecule has 0 atom stereocenters. The first-order chi connectivity index (χ1) is 4.63. The Morgan fingerprint density at radius 2 is 2.00 bits per heavy atom. The van der Waals surface area contributed by atoms with Crippen molar-refractivity contribution in [3.8, 4) is 0 Å². The van der Waals surface area contributed by atoms with Crippen molar-refractivity contribution in [3.63, 3.8) is 0 Å². The van der Waals surface area contributed by atoms with Gasteiger partial charge >= 0.3 is 0 Å². The predicted octanol–water partition coefficient (Wildman–Crippen LogP) is 2.97. The quantitative estimate of drug-likeness (QED) is 0.405. The summed E-state index contributed by atoms with van der Waals surface area (Å²) in [7, 11) is 1.80. The van der Waals surface area contributed by atoms with Gasteiger partial charge < -0.3 is 0 Å². The lowest BCUT2D eigenvalue weighted by atomic mass is 10.2. The second-order valence-electron chi connectivity index (χ2n) is 2.01. The summed E-state index contributed by atoms with van der Waals surface area (Å²) in [6, 6.07) is 0. The maximum Gasteiger partial charge on any atom is 0.0449 e. The van der Waals surface area contributed by atoms with Crippen molar-refractivity contribution in [2.24, 2.45) is 4.99 Å². The first-order valence-electron chi connectivity index (χ1n) is 3.06. The lowest BCUT2D eigenvalue weighted by molar-refractivity contribution is 1.41. The molecule has 0 bridgehead atoms. The van der Waals surface area contributed by atoms with Gasteiger partial charge in [0.05, 0.1) is 0 Å². The number of halogens is 1. The molecule has 56 valence electrons. The van der Waals surface area contributed by atoms with Gasteiger partial charge in [0.25, 0.3) is 0 Å². The van der Waals surface area contributed by atoms with Crippen LogP contribution in [-0.2, 0) is 0 Å². The Labute approximate surface area is 76.1 Å². The topological polar surface area (TPSA) is 12.4 Å². The van der Waals surface area contributed by atoms with Crippen LogP contribution in [-0.4, -0.2) is 12.8 Å². The molecule has 0 amide bonds. The van der Waals surface area contributed by atoms with E-state index in [2.05, 4.69) is 34.2 Å². The fourth-order valence-corrected chi connectivity index (χ4v) is 0.935. The Bertz CT molecular complexity index is 189. The van der Waals surface area contributed by atoms with Crippen LogP contribution in [0.2, 0.25) is 0 Å². The van der Waals surface area contributed by atoms with Crippen LogP contribution in [0.4, 0.5) is 0 Å². The molecule has 0 rings (SSSR count). The largest absolute Gasteiger partial charge is 0.292 e. The molecule has 0 aromatic carbocycles. The van der Waals surface area contributed by atoms with Gasteiger partial charge in [0.1, 0.15) is 0 Å². The van der Waals surface area contributed by atoms with E-state index in [1.165, 1.54) is 9.15 Å². The maximum absolute atomic E-state index is 4.06. The summed E-state index contributed by atoms with van der Waals surface area (Å²) < 4.78 is 1.19. The maximum atomic E-state index is 4.06. The lowest BCUT2D eigenvalue weighted by Gasteiger charge is -1.98. The highest BCUT2D eigenvalue weighted by atomic mass is 127. The summed E-state index contributed by atoms with van der Waals surface area (Å²) in [4.78, 5) is 4.06. The third-order valence-corrected chi connectivity index (χ3v) is 2.94. The molecule has 0 heterocycles. The molecule has 10 heavy (non-hydrogen) atoms. The highest BCUT2D eigenvalue weighted by Crippen LogP contribution is 2.14. The van der Waals surface area contributed by atoms with Crippen LogP contribution in [0.1, 0.15) is 13.8 Å². The van der Waals surface area contributed by atoms with Crippen LogP contribution < -0.4 is 0 Å². The molecule has 0 N–H and O–H groups in total. The van der Waals surface area contributed by atoms with Crippen molar-refractivity contribution in [2.75, 3.05) is 7.05 Å². The zero-order valence-electron chi connectivity index (χ0n) is 6.61. The zero-order valence-corrected chi connectivity index (χ0v) is 8.77.